The molecule has 2 atom stereocenters. The molecule has 6 heteroatoms. The van der Waals surface area contributed by atoms with E-state index < -0.39 is 0 Å². The highest BCUT2D eigenvalue weighted by Crippen LogP contribution is 2.41. The quantitative estimate of drug-likeness (QED) is 0.738. The normalized spacial score (nSPS) is 24.9. The highest BCUT2D eigenvalue weighted by molar-refractivity contribution is 9.10. The van der Waals surface area contributed by atoms with Gasteiger partial charge in [0.15, 0.2) is 0 Å². The summed E-state index contributed by atoms with van der Waals surface area (Å²) >= 11 is 3.47. The minimum absolute atomic E-state index is 0.133. The summed E-state index contributed by atoms with van der Waals surface area (Å²) < 4.78 is 8.73. The predicted molar refractivity (Wildman–Crippen MR) is 103 cm³/mol. The topological polar surface area (TPSA) is 47.4 Å². The Morgan fingerprint density at radius 3 is 2.35 bits per heavy atom. The molecule has 138 valence electrons. The first-order chi connectivity index (χ1) is 12.5. The number of carbonyl (C=O) groups is 1. The standard InChI is InChI=1S/C20H24BrN3O2/c1-13(2)26-19-7-3-14(4-8-19)20(25)24-16-5-6-17(24)10-18(9-16)23-12-15(21)11-22-23/h3-4,7-8,11-13,16-18H,5-6,9-10H2,1-2H3. The largest absolute Gasteiger partial charge is 0.491 e. The molecule has 2 unspecified atom stereocenters. The Balaban J connectivity index is 1.48. The fourth-order valence-electron chi connectivity index (χ4n) is 4.31. The number of hydrogen-bond acceptors (Lipinski definition) is 3. The number of fused-ring (bicyclic) bond motifs is 2. The van der Waals surface area contributed by atoms with E-state index in [0.29, 0.717) is 18.1 Å². The summed E-state index contributed by atoms with van der Waals surface area (Å²) in [5.74, 6) is 0.955. The van der Waals surface area contributed by atoms with Crippen LogP contribution in [0.15, 0.2) is 41.1 Å². The lowest BCUT2D eigenvalue weighted by atomic mass is 9.96. The van der Waals surface area contributed by atoms with E-state index in [2.05, 4.69) is 30.6 Å². The number of halogens is 1. The molecule has 2 fully saturated rings. The maximum atomic E-state index is 13.1. The van der Waals surface area contributed by atoms with E-state index in [4.69, 9.17) is 4.74 Å². The molecule has 2 aromatic rings. The average Bonchev–Trinajstić information content (AvgIpc) is 3.15. The van der Waals surface area contributed by atoms with Crippen molar-refractivity contribution < 1.29 is 9.53 Å². The number of benzene rings is 1. The monoisotopic (exact) mass is 417 g/mol. The zero-order valence-corrected chi connectivity index (χ0v) is 16.7. The van der Waals surface area contributed by atoms with E-state index in [9.17, 15) is 4.79 Å². The highest BCUT2D eigenvalue weighted by Gasteiger charge is 2.44. The van der Waals surface area contributed by atoms with Gasteiger partial charge in [0.1, 0.15) is 5.75 Å². The van der Waals surface area contributed by atoms with Gasteiger partial charge in [-0.2, -0.15) is 5.10 Å². The number of rotatable bonds is 4. The van der Waals surface area contributed by atoms with Crippen molar-refractivity contribution in [2.75, 3.05) is 0 Å². The Morgan fingerprint density at radius 2 is 1.81 bits per heavy atom. The van der Waals surface area contributed by atoms with Crippen molar-refractivity contribution in [2.24, 2.45) is 0 Å². The van der Waals surface area contributed by atoms with Crippen molar-refractivity contribution in [3.63, 3.8) is 0 Å². The molecule has 5 nitrogen and oxygen atoms in total. The highest BCUT2D eigenvalue weighted by atomic mass is 79.9. The van der Waals surface area contributed by atoms with Crippen molar-refractivity contribution in [2.45, 2.75) is 63.8 Å². The van der Waals surface area contributed by atoms with Crippen molar-refractivity contribution in [3.05, 3.63) is 46.7 Å². The van der Waals surface area contributed by atoms with Crippen LogP contribution in [0.5, 0.6) is 5.75 Å². The predicted octanol–water partition coefficient (Wildman–Crippen LogP) is 4.44. The van der Waals surface area contributed by atoms with Gasteiger partial charge in [0.2, 0.25) is 0 Å². The minimum atomic E-state index is 0.133. The number of aromatic nitrogens is 2. The summed E-state index contributed by atoms with van der Waals surface area (Å²) in [6, 6.07) is 8.55. The first-order valence-corrected chi connectivity index (χ1v) is 10.1. The second kappa shape index (κ2) is 7.06. The van der Waals surface area contributed by atoms with Crippen LogP contribution in [0.25, 0.3) is 0 Å². The number of carbonyl (C=O) groups excluding carboxylic acids is 1. The SMILES string of the molecule is CC(C)Oc1ccc(C(=O)N2C3CCC2CC(n2cc(Br)cn2)C3)cc1. The van der Waals surface area contributed by atoms with Crippen LogP contribution < -0.4 is 4.74 Å². The smallest absolute Gasteiger partial charge is 0.254 e. The van der Waals surface area contributed by atoms with Crippen LogP contribution in [0.1, 0.15) is 55.9 Å². The molecule has 0 spiro atoms. The molecule has 3 heterocycles. The first kappa shape index (κ1) is 17.6. The Hall–Kier alpha value is -1.82. The van der Waals surface area contributed by atoms with Gasteiger partial charge in [-0.3, -0.25) is 9.48 Å². The molecule has 2 aliphatic rings. The van der Waals surface area contributed by atoms with Gasteiger partial charge in [0.25, 0.3) is 5.91 Å². The van der Waals surface area contributed by atoms with Crippen molar-refractivity contribution in [1.29, 1.82) is 0 Å². The molecule has 1 aromatic carbocycles. The second-order valence-electron chi connectivity index (χ2n) is 7.55. The Labute approximate surface area is 162 Å². The number of hydrogen-bond donors (Lipinski definition) is 0. The number of ether oxygens (including phenoxy) is 1. The van der Waals surface area contributed by atoms with Gasteiger partial charge in [0.05, 0.1) is 22.8 Å². The van der Waals surface area contributed by atoms with Crippen LogP contribution in [0.2, 0.25) is 0 Å². The molecule has 0 saturated carbocycles. The van der Waals surface area contributed by atoms with Crippen molar-refractivity contribution >= 4 is 21.8 Å². The Morgan fingerprint density at radius 1 is 1.15 bits per heavy atom. The van der Waals surface area contributed by atoms with Crippen LogP contribution in [0.3, 0.4) is 0 Å². The van der Waals surface area contributed by atoms with E-state index in [1.165, 1.54) is 0 Å². The van der Waals surface area contributed by atoms with E-state index in [0.717, 1.165) is 41.5 Å². The first-order valence-electron chi connectivity index (χ1n) is 9.30. The Bertz CT molecular complexity index is 773. The molecule has 2 aliphatic heterocycles. The van der Waals surface area contributed by atoms with E-state index in [1.54, 1.807) is 0 Å². The number of piperidine rings is 1. The van der Waals surface area contributed by atoms with Gasteiger partial charge in [0, 0.05) is 23.8 Å². The average molecular weight is 418 g/mol. The molecule has 4 rings (SSSR count). The fraction of sp³-hybridized carbons (Fsp3) is 0.500. The van der Waals surface area contributed by atoms with Gasteiger partial charge in [-0.1, -0.05) is 0 Å². The molecule has 0 N–H and O–H groups in total. The third-order valence-corrected chi connectivity index (χ3v) is 5.77. The third-order valence-electron chi connectivity index (χ3n) is 5.36. The van der Waals surface area contributed by atoms with Crippen LogP contribution in [0, 0.1) is 0 Å². The van der Waals surface area contributed by atoms with Crippen molar-refractivity contribution in [1.82, 2.24) is 14.7 Å². The second-order valence-corrected chi connectivity index (χ2v) is 8.47. The molecule has 0 aliphatic carbocycles. The van der Waals surface area contributed by atoms with Crippen molar-refractivity contribution in [3.8, 4) is 5.75 Å². The van der Waals surface area contributed by atoms with E-state index >= 15 is 0 Å². The lowest BCUT2D eigenvalue weighted by Gasteiger charge is -2.39. The number of amides is 1. The summed E-state index contributed by atoms with van der Waals surface area (Å²) in [7, 11) is 0. The fourth-order valence-corrected chi connectivity index (χ4v) is 4.61. The third kappa shape index (κ3) is 3.39. The van der Waals surface area contributed by atoms with E-state index in [1.807, 2.05) is 50.5 Å². The summed E-state index contributed by atoms with van der Waals surface area (Å²) in [4.78, 5) is 15.2. The molecule has 0 radical (unpaired) electrons. The summed E-state index contributed by atoms with van der Waals surface area (Å²) in [5.41, 5.74) is 0.748. The molecule has 2 saturated heterocycles. The summed E-state index contributed by atoms with van der Waals surface area (Å²) in [6.07, 6.45) is 8.13. The molecular formula is C20H24BrN3O2. The maximum Gasteiger partial charge on any atom is 0.254 e. The van der Waals surface area contributed by atoms with E-state index in [-0.39, 0.29) is 12.0 Å². The van der Waals surface area contributed by atoms with Gasteiger partial charge < -0.3 is 9.64 Å². The van der Waals surface area contributed by atoms with Gasteiger partial charge in [-0.15, -0.1) is 0 Å². The molecule has 1 amide bonds. The van der Waals surface area contributed by atoms with Gasteiger partial charge in [-0.05, 0) is 79.7 Å². The van der Waals surface area contributed by atoms with Crippen LogP contribution in [0.4, 0.5) is 0 Å². The summed E-state index contributed by atoms with van der Waals surface area (Å²) in [6.45, 7) is 4.00. The lowest BCUT2D eigenvalue weighted by Crippen LogP contribution is -2.47. The zero-order valence-electron chi connectivity index (χ0n) is 15.1. The maximum absolute atomic E-state index is 13.1. The van der Waals surface area contributed by atoms with Crippen LogP contribution >= 0.6 is 15.9 Å². The lowest BCUT2D eigenvalue weighted by molar-refractivity contribution is 0.0524. The van der Waals surface area contributed by atoms with Crippen LogP contribution in [-0.2, 0) is 0 Å². The van der Waals surface area contributed by atoms with Gasteiger partial charge in [-0.25, -0.2) is 0 Å². The summed E-state index contributed by atoms with van der Waals surface area (Å²) in [5, 5.41) is 4.45. The van der Waals surface area contributed by atoms with Crippen LogP contribution in [-0.4, -0.2) is 38.8 Å². The molecule has 26 heavy (non-hydrogen) atoms. The molecular weight excluding hydrogens is 394 g/mol. The molecule has 1 aromatic heterocycles. The molecule has 2 bridgehead atoms. The zero-order chi connectivity index (χ0) is 18.3. The Kier molecular flexibility index (Phi) is 4.78. The van der Waals surface area contributed by atoms with Gasteiger partial charge >= 0.3 is 0 Å². The minimum Gasteiger partial charge on any atom is -0.491 e. The number of nitrogens with zero attached hydrogens (tertiary/aromatic N) is 3.